The number of ether oxygens (including phenoxy) is 2. The number of hydrogen-bond acceptors (Lipinski definition) is 4. The Labute approximate surface area is 119 Å². The normalized spacial score (nSPS) is 12.5. The average Bonchev–Trinajstić information content (AvgIpc) is 2.98. The first-order valence-corrected chi connectivity index (χ1v) is 6.70. The Hall–Kier alpha value is -1.69. The minimum absolute atomic E-state index is 0.0922. The van der Waals surface area contributed by atoms with Crippen LogP contribution in [0.5, 0.6) is 0 Å². The molecule has 108 valence electrons. The van der Waals surface area contributed by atoms with Gasteiger partial charge in [-0.3, -0.25) is 0 Å². The topological polar surface area (TPSA) is 48.3 Å². The molecule has 1 N–H and O–H groups in total. The number of para-hydroxylation sites is 1. The molecule has 1 aromatic carbocycles. The van der Waals surface area contributed by atoms with Gasteiger partial charge in [0.2, 0.25) is 0 Å². The number of nitrogens with one attached hydrogen (secondary N) is 1. The maximum atomic E-state index is 5.61. The highest BCUT2D eigenvalue weighted by atomic mass is 16.5. The molecular weight excluding hydrogens is 254 g/mol. The molecule has 0 aliphatic rings. The van der Waals surface area contributed by atoms with Crippen molar-refractivity contribution in [3.05, 3.63) is 48.3 Å². The van der Waals surface area contributed by atoms with Crippen molar-refractivity contribution in [3.8, 4) is 5.69 Å². The predicted octanol–water partition coefficient (Wildman–Crippen LogP) is 1.80. The lowest BCUT2D eigenvalue weighted by Gasteiger charge is -2.18. The van der Waals surface area contributed by atoms with Gasteiger partial charge in [-0.05, 0) is 25.2 Å². The lowest BCUT2D eigenvalue weighted by Crippen LogP contribution is -2.25. The molecule has 0 aliphatic carbocycles. The molecule has 0 aliphatic heterocycles. The number of benzene rings is 1. The lowest BCUT2D eigenvalue weighted by molar-refractivity contribution is 0.0588. The van der Waals surface area contributed by atoms with Crippen LogP contribution in [0, 0.1) is 0 Å². The Kier molecular flexibility index (Phi) is 5.73. The summed E-state index contributed by atoms with van der Waals surface area (Å²) in [5, 5.41) is 7.66. The maximum absolute atomic E-state index is 5.61. The molecule has 2 aromatic rings. The number of rotatable bonds is 8. The third kappa shape index (κ3) is 3.66. The van der Waals surface area contributed by atoms with Crippen molar-refractivity contribution >= 4 is 0 Å². The quantitative estimate of drug-likeness (QED) is 0.746. The first-order valence-electron chi connectivity index (χ1n) is 6.70. The summed E-state index contributed by atoms with van der Waals surface area (Å²) < 4.78 is 12.5. The Bertz CT molecular complexity index is 499. The monoisotopic (exact) mass is 275 g/mol. The second kappa shape index (κ2) is 7.79. The summed E-state index contributed by atoms with van der Waals surface area (Å²) in [5.74, 6) is 0. The summed E-state index contributed by atoms with van der Waals surface area (Å²) in [7, 11) is 3.59. The SMILES string of the molecule is CNC(COCCOC)c1ccnn1-c1ccccc1. The van der Waals surface area contributed by atoms with Crippen molar-refractivity contribution in [2.75, 3.05) is 34.0 Å². The summed E-state index contributed by atoms with van der Waals surface area (Å²) in [5.41, 5.74) is 2.13. The van der Waals surface area contributed by atoms with Crippen molar-refractivity contribution in [1.82, 2.24) is 15.1 Å². The van der Waals surface area contributed by atoms with E-state index in [1.54, 1.807) is 7.11 Å². The Balaban J connectivity index is 2.09. The van der Waals surface area contributed by atoms with E-state index in [1.165, 1.54) is 0 Å². The van der Waals surface area contributed by atoms with E-state index in [0.717, 1.165) is 11.4 Å². The van der Waals surface area contributed by atoms with Crippen molar-refractivity contribution < 1.29 is 9.47 Å². The number of likely N-dealkylation sites (N-methyl/N-ethyl adjacent to an activating group) is 1. The van der Waals surface area contributed by atoms with Crippen LogP contribution in [-0.2, 0) is 9.47 Å². The Morgan fingerprint density at radius 3 is 2.70 bits per heavy atom. The van der Waals surface area contributed by atoms with Crippen LogP contribution in [0.1, 0.15) is 11.7 Å². The van der Waals surface area contributed by atoms with Gasteiger partial charge in [-0.1, -0.05) is 18.2 Å². The smallest absolute Gasteiger partial charge is 0.0731 e. The molecule has 5 nitrogen and oxygen atoms in total. The first-order chi connectivity index (χ1) is 9.86. The van der Waals surface area contributed by atoms with Crippen molar-refractivity contribution in [1.29, 1.82) is 0 Å². The Morgan fingerprint density at radius 2 is 2.00 bits per heavy atom. The number of methoxy groups -OCH3 is 1. The van der Waals surface area contributed by atoms with Crippen LogP contribution < -0.4 is 5.32 Å². The number of hydrogen-bond donors (Lipinski definition) is 1. The van der Waals surface area contributed by atoms with Gasteiger partial charge >= 0.3 is 0 Å². The van der Waals surface area contributed by atoms with Gasteiger partial charge in [0.15, 0.2) is 0 Å². The highest BCUT2D eigenvalue weighted by Crippen LogP contribution is 2.17. The fraction of sp³-hybridized carbons (Fsp3) is 0.400. The third-order valence-corrected chi connectivity index (χ3v) is 3.09. The summed E-state index contributed by atoms with van der Waals surface area (Å²) in [6.07, 6.45) is 1.81. The van der Waals surface area contributed by atoms with E-state index < -0.39 is 0 Å². The highest BCUT2D eigenvalue weighted by Gasteiger charge is 2.15. The van der Waals surface area contributed by atoms with Gasteiger partial charge < -0.3 is 14.8 Å². The molecule has 20 heavy (non-hydrogen) atoms. The first kappa shape index (κ1) is 14.7. The van der Waals surface area contributed by atoms with Gasteiger partial charge in [0.25, 0.3) is 0 Å². The summed E-state index contributed by atoms with van der Waals surface area (Å²) in [6, 6.07) is 12.2. The molecule has 0 spiro atoms. The van der Waals surface area contributed by atoms with Crippen LogP contribution in [0.2, 0.25) is 0 Å². The largest absolute Gasteiger partial charge is 0.382 e. The second-order valence-corrected chi connectivity index (χ2v) is 4.41. The number of nitrogens with zero attached hydrogens (tertiary/aromatic N) is 2. The van der Waals surface area contributed by atoms with Gasteiger partial charge in [0.05, 0.1) is 37.2 Å². The summed E-state index contributed by atoms with van der Waals surface area (Å²) >= 11 is 0. The van der Waals surface area contributed by atoms with Crippen molar-refractivity contribution in [2.45, 2.75) is 6.04 Å². The highest BCUT2D eigenvalue weighted by molar-refractivity contribution is 5.33. The van der Waals surface area contributed by atoms with E-state index in [0.29, 0.717) is 19.8 Å². The zero-order chi connectivity index (χ0) is 14.2. The molecule has 1 unspecified atom stereocenters. The average molecular weight is 275 g/mol. The molecule has 1 heterocycles. The zero-order valence-electron chi connectivity index (χ0n) is 12.0. The molecule has 5 heteroatoms. The fourth-order valence-electron chi connectivity index (χ4n) is 2.02. The molecule has 1 aromatic heterocycles. The molecule has 2 rings (SSSR count). The van der Waals surface area contributed by atoms with Gasteiger partial charge in [-0.15, -0.1) is 0 Å². The molecule has 1 atom stereocenters. The van der Waals surface area contributed by atoms with Crippen molar-refractivity contribution in [3.63, 3.8) is 0 Å². The number of aromatic nitrogens is 2. The van der Waals surface area contributed by atoms with E-state index in [9.17, 15) is 0 Å². The van der Waals surface area contributed by atoms with E-state index in [1.807, 2.05) is 54.3 Å². The van der Waals surface area contributed by atoms with Crippen LogP contribution in [0.4, 0.5) is 0 Å². The molecule has 0 saturated heterocycles. The summed E-state index contributed by atoms with van der Waals surface area (Å²) in [6.45, 7) is 1.78. The molecule has 0 amide bonds. The summed E-state index contributed by atoms with van der Waals surface area (Å²) in [4.78, 5) is 0. The van der Waals surface area contributed by atoms with Crippen molar-refractivity contribution in [2.24, 2.45) is 0 Å². The second-order valence-electron chi connectivity index (χ2n) is 4.41. The van der Waals surface area contributed by atoms with E-state index in [2.05, 4.69) is 10.4 Å². The molecule has 0 bridgehead atoms. The maximum Gasteiger partial charge on any atom is 0.0731 e. The molecule has 0 fully saturated rings. The third-order valence-electron chi connectivity index (χ3n) is 3.09. The molecular formula is C15H21N3O2. The van der Waals surface area contributed by atoms with Crippen LogP contribution >= 0.6 is 0 Å². The van der Waals surface area contributed by atoms with E-state index >= 15 is 0 Å². The minimum atomic E-state index is 0.0922. The van der Waals surface area contributed by atoms with Gasteiger partial charge in [0.1, 0.15) is 0 Å². The van der Waals surface area contributed by atoms with E-state index in [-0.39, 0.29) is 6.04 Å². The Morgan fingerprint density at radius 1 is 1.20 bits per heavy atom. The zero-order valence-corrected chi connectivity index (χ0v) is 12.0. The van der Waals surface area contributed by atoms with Crippen LogP contribution in [0.3, 0.4) is 0 Å². The van der Waals surface area contributed by atoms with E-state index in [4.69, 9.17) is 9.47 Å². The molecule has 0 radical (unpaired) electrons. The van der Waals surface area contributed by atoms with Gasteiger partial charge in [0, 0.05) is 13.3 Å². The van der Waals surface area contributed by atoms with Gasteiger partial charge in [-0.25, -0.2) is 4.68 Å². The predicted molar refractivity (Wildman–Crippen MR) is 78.1 cm³/mol. The standard InChI is InChI=1S/C15H21N3O2/c1-16-14(12-20-11-10-19-2)15-8-9-17-18(15)13-6-4-3-5-7-13/h3-9,14,16H,10-12H2,1-2H3. The van der Waals surface area contributed by atoms with Gasteiger partial charge in [-0.2, -0.15) is 5.10 Å². The van der Waals surface area contributed by atoms with Crippen LogP contribution in [0.25, 0.3) is 5.69 Å². The molecule has 0 saturated carbocycles. The minimum Gasteiger partial charge on any atom is -0.382 e. The van der Waals surface area contributed by atoms with Crippen LogP contribution in [-0.4, -0.2) is 43.8 Å². The van der Waals surface area contributed by atoms with Crippen LogP contribution in [0.15, 0.2) is 42.6 Å². The lowest BCUT2D eigenvalue weighted by atomic mass is 10.2. The fourth-order valence-corrected chi connectivity index (χ4v) is 2.02.